The van der Waals surface area contributed by atoms with E-state index in [1.54, 1.807) is 12.1 Å². The van der Waals surface area contributed by atoms with Crippen molar-refractivity contribution in [2.75, 3.05) is 6.54 Å². The number of hydrogen-bond donors (Lipinski definition) is 1. The maximum Gasteiger partial charge on any atom is 0.262 e. The minimum Gasteiger partial charge on any atom is -0.351 e. The largest absolute Gasteiger partial charge is 0.351 e. The van der Waals surface area contributed by atoms with Gasteiger partial charge < -0.3 is 5.32 Å². The summed E-state index contributed by atoms with van der Waals surface area (Å²) in [6.07, 6.45) is 0.647. The number of thiophene rings is 1. The second-order valence-corrected chi connectivity index (χ2v) is 6.30. The Balaban J connectivity index is 1.66. The van der Waals surface area contributed by atoms with Crippen molar-refractivity contribution in [1.82, 2.24) is 5.32 Å². The van der Waals surface area contributed by atoms with Gasteiger partial charge in [0.05, 0.1) is 5.02 Å². The van der Waals surface area contributed by atoms with E-state index in [9.17, 15) is 9.18 Å². The summed E-state index contributed by atoms with van der Waals surface area (Å²) in [6, 6.07) is 13.9. The number of amides is 1. The first-order chi connectivity index (χ1) is 10.6. The van der Waals surface area contributed by atoms with Gasteiger partial charge in [-0.05, 0) is 30.2 Å². The molecule has 0 unspecified atom stereocenters. The Morgan fingerprint density at radius 1 is 1.14 bits per heavy atom. The van der Waals surface area contributed by atoms with Gasteiger partial charge in [-0.1, -0.05) is 41.9 Å². The molecule has 5 heteroatoms. The van der Waals surface area contributed by atoms with Gasteiger partial charge in [-0.3, -0.25) is 4.79 Å². The molecule has 0 saturated heterocycles. The average molecular weight is 334 g/mol. The normalized spacial score (nSPS) is 10.8. The third kappa shape index (κ3) is 3.13. The second kappa shape index (κ2) is 6.46. The third-order valence-electron chi connectivity index (χ3n) is 3.35. The number of benzene rings is 2. The first kappa shape index (κ1) is 15.0. The predicted molar refractivity (Wildman–Crippen MR) is 89.3 cm³/mol. The van der Waals surface area contributed by atoms with E-state index in [1.165, 1.54) is 23.5 Å². The minimum atomic E-state index is -0.259. The molecule has 0 aliphatic heterocycles. The van der Waals surface area contributed by atoms with E-state index in [0.717, 1.165) is 15.6 Å². The summed E-state index contributed by atoms with van der Waals surface area (Å²) in [6.45, 7) is 0.481. The molecule has 0 bridgehead atoms. The lowest BCUT2D eigenvalue weighted by molar-refractivity contribution is 0.0958. The van der Waals surface area contributed by atoms with Crippen molar-refractivity contribution in [1.29, 1.82) is 0 Å². The van der Waals surface area contributed by atoms with Crippen LogP contribution in [0.1, 0.15) is 15.2 Å². The summed E-state index contributed by atoms with van der Waals surface area (Å²) < 4.78 is 13.8. The Morgan fingerprint density at radius 2 is 1.86 bits per heavy atom. The number of halogens is 2. The Labute approximate surface area is 136 Å². The SMILES string of the molecule is O=C(NCCc1ccc(F)cc1)c1sc2ccccc2c1Cl. The maximum absolute atomic E-state index is 12.8. The van der Waals surface area contributed by atoms with Crippen molar-refractivity contribution in [3.8, 4) is 0 Å². The zero-order chi connectivity index (χ0) is 15.5. The van der Waals surface area contributed by atoms with E-state index in [-0.39, 0.29) is 11.7 Å². The quantitative estimate of drug-likeness (QED) is 0.738. The number of nitrogens with one attached hydrogen (secondary N) is 1. The number of fused-ring (bicyclic) bond motifs is 1. The molecule has 1 N–H and O–H groups in total. The second-order valence-electron chi connectivity index (χ2n) is 4.87. The molecule has 0 atom stereocenters. The molecule has 0 fully saturated rings. The Bertz CT molecular complexity index is 813. The zero-order valence-electron chi connectivity index (χ0n) is 11.6. The molecule has 0 saturated carbocycles. The van der Waals surface area contributed by atoms with Gasteiger partial charge >= 0.3 is 0 Å². The molecule has 2 nitrogen and oxygen atoms in total. The van der Waals surface area contributed by atoms with Gasteiger partial charge in [0.1, 0.15) is 10.7 Å². The summed E-state index contributed by atoms with van der Waals surface area (Å²) in [7, 11) is 0. The van der Waals surface area contributed by atoms with Gasteiger partial charge in [-0.2, -0.15) is 0 Å². The average Bonchev–Trinajstić information content (AvgIpc) is 2.87. The summed E-state index contributed by atoms with van der Waals surface area (Å²) >= 11 is 7.66. The number of hydrogen-bond acceptors (Lipinski definition) is 2. The molecule has 0 aliphatic rings. The van der Waals surface area contributed by atoms with E-state index in [1.807, 2.05) is 24.3 Å². The van der Waals surface area contributed by atoms with Crippen molar-refractivity contribution < 1.29 is 9.18 Å². The molecule has 2 aromatic carbocycles. The Hall–Kier alpha value is -1.91. The number of carbonyl (C=O) groups excluding carboxylic acids is 1. The Morgan fingerprint density at radius 3 is 2.59 bits per heavy atom. The summed E-state index contributed by atoms with van der Waals surface area (Å²) in [5, 5.41) is 4.26. The van der Waals surface area contributed by atoms with Gasteiger partial charge in [0, 0.05) is 16.6 Å². The van der Waals surface area contributed by atoms with Crippen LogP contribution in [0.25, 0.3) is 10.1 Å². The summed E-state index contributed by atoms with van der Waals surface area (Å²) in [5.74, 6) is -0.432. The van der Waals surface area contributed by atoms with E-state index in [2.05, 4.69) is 5.32 Å². The van der Waals surface area contributed by atoms with Gasteiger partial charge in [0.2, 0.25) is 0 Å². The highest BCUT2D eigenvalue weighted by Gasteiger charge is 2.16. The lowest BCUT2D eigenvalue weighted by Crippen LogP contribution is -2.25. The van der Waals surface area contributed by atoms with Crippen LogP contribution in [0.4, 0.5) is 4.39 Å². The third-order valence-corrected chi connectivity index (χ3v) is 5.03. The van der Waals surface area contributed by atoms with E-state index in [4.69, 9.17) is 11.6 Å². The van der Waals surface area contributed by atoms with Crippen molar-refractivity contribution >= 4 is 38.9 Å². The molecule has 3 rings (SSSR count). The first-order valence-electron chi connectivity index (χ1n) is 6.85. The lowest BCUT2D eigenvalue weighted by Gasteiger charge is -2.04. The predicted octanol–water partition coefficient (Wildman–Crippen LogP) is 4.67. The van der Waals surface area contributed by atoms with Crippen molar-refractivity contribution in [3.63, 3.8) is 0 Å². The molecule has 1 amide bonds. The number of carbonyl (C=O) groups is 1. The van der Waals surface area contributed by atoms with Crippen LogP contribution in [-0.2, 0) is 6.42 Å². The van der Waals surface area contributed by atoms with Crippen molar-refractivity contribution in [2.45, 2.75) is 6.42 Å². The van der Waals surface area contributed by atoms with Crippen LogP contribution in [0.2, 0.25) is 5.02 Å². The lowest BCUT2D eigenvalue weighted by atomic mass is 10.1. The van der Waals surface area contributed by atoms with E-state index >= 15 is 0 Å². The van der Waals surface area contributed by atoms with Crippen LogP contribution in [0, 0.1) is 5.82 Å². The topological polar surface area (TPSA) is 29.1 Å². The van der Waals surface area contributed by atoms with Gasteiger partial charge in [0.15, 0.2) is 0 Å². The molecule has 112 valence electrons. The fraction of sp³-hybridized carbons (Fsp3) is 0.118. The molecule has 0 aliphatic carbocycles. The fourth-order valence-electron chi connectivity index (χ4n) is 2.21. The van der Waals surface area contributed by atoms with Gasteiger partial charge in [0.25, 0.3) is 5.91 Å². The van der Waals surface area contributed by atoms with Crippen LogP contribution in [0.15, 0.2) is 48.5 Å². The fourth-order valence-corrected chi connectivity index (χ4v) is 3.65. The molecule has 22 heavy (non-hydrogen) atoms. The maximum atomic E-state index is 12.8. The number of rotatable bonds is 4. The minimum absolute atomic E-state index is 0.173. The highest BCUT2D eigenvalue weighted by atomic mass is 35.5. The van der Waals surface area contributed by atoms with Crippen LogP contribution < -0.4 is 5.32 Å². The summed E-state index contributed by atoms with van der Waals surface area (Å²) in [4.78, 5) is 12.8. The van der Waals surface area contributed by atoms with Gasteiger partial charge in [-0.15, -0.1) is 11.3 Å². The van der Waals surface area contributed by atoms with E-state index < -0.39 is 0 Å². The summed E-state index contributed by atoms with van der Waals surface area (Å²) in [5.41, 5.74) is 0.976. The zero-order valence-corrected chi connectivity index (χ0v) is 13.2. The monoisotopic (exact) mass is 333 g/mol. The van der Waals surface area contributed by atoms with Crippen molar-refractivity contribution in [3.05, 3.63) is 69.8 Å². The van der Waals surface area contributed by atoms with Crippen LogP contribution >= 0.6 is 22.9 Å². The van der Waals surface area contributed by atoms with Crippen LogP contribution in [0.5, 0.6) is 0 Å². The Kier molecular flexibility index (Phi) is 4.41. The standard InChI is InChI=1S/C17H13ClFNOS/c18-15-13-3-1-2-4-14(13)22-16(15)17(21)20-10-9-11-5-7-12(19)8-6-11/h1-8H,9-10H2,(H,20,21). The molecular formula is C17H13ClFNOS. The van der Waals surface area contributed by atoms with E-state index in [0.29, 0.717) is 22.9 Å². The van der Waals surface area contributed by atoms with Crippen LogP contribution in [-0.4, -0.2) is 12.5 Å². The molecule has 1 heterocycles. The first-order valence-corrected chi connectivity index (χ1v) is 8.04. The molecule has 3 aromatic rings. The highest BCUT2D eigenvalue weighted by Crippen LogP contribution is 2.34. The molecular weight excluding hydrogens is 321 g/mol. The molecule has 0 radical (unpaired) electrons. The smallest absolute Gasteiger partial charge is 0.262 e. The van der Waals surface area contributed by atoms with Gasteiger partial charge in [-0.25, -0.2) is 4.39 Å². The highest BCUT2D eigenvalue weighted by molar-refractivity contribution is 7.21. The van der Waals surface area contributed by atoms with Crippen LogP contribution in [0.3, 0.4) is 0 Å². The molecule has 0 spiro atoms. The van der Waals surface area contributed by atoms with Crippen molar-refractivity contribution in [2.24, 2.45) is 0 Å². The molecule has 1 aromatic heterocycles.